The topological polar surface area (TPSA) is 37.4 Å². The van der Waals surface area contributed by atoms with Crippen molar-refractivity contribution in [2.75, 3.05) is 6.54 Å². The van der Waals surface area contributed by atoms with Crippen molar-refractivity contribution in [3.05, 3.63) is 65.2 Å². The fourth-order valence-corrected chi connectivity index (χ4v) is 7.71. The number of sulfonamides is 1. The summed E-state index contributed by atoms with van der Waals surface area (Å²) in [5.74, 6) is 0.615. The Hall–Kier alpha value is -1.65. The van der Waals surface area contributed by atoms with E-state index in [9.17, 15) is 8.42 Å². The Balaban J connectivity index is 1.65. The van der Waals surface area contributed by atoms with E-state index in [1.807, 2.05) is 23.4 Å². The Labute approximate surface area is 162 Å². The minimum absolute atomic E-state index is 0.000877. The van der Waals surface area contributed by atoms with E-state index in [2.05, 4.69) is 24.3 Å². The molecule has 1 aliphatic heterocycles. The highest BCUT2D eigenvalue weighted by Crippen LogP contribution is 2.62. The summed E-state index contributed by atoms with van der Waals surface area (Å²) in [5, 5.41) is 0. The molecule has 5 rings (SSSR count). The highest BCUT2D eigenvalue weighted by molar-refractivity contribution is 7.89. The summed E-state index contributed by atoms with van der Waals surface area (Å²) >= 11 is 0. The van der Waals surface area contributed by atoms with Crippen molar-refractivity contribution in [3.8, 4) is 0 Å². The fraction of sp³-hybridized carbons (Fsp3) is 0.478. The third kappa shape index (κ3) is 2.53. The molecule has 3 atom stereocenters. The Morgan fingerprint density at radius 1 is 1.00 bits per heavy atom. The van der Waals surface area contributed by atoms with Gasteiger partial charge in [-0.15, -0.1) is 0 Å². The first-order valence-electron chi connectivity index (χ1n) is 10.2. The molecule has 2 aromatic rings. The van der Waals surface area contributed by atoms with Gasteiger partial charge in [0.1, 0.15) is 0 Å². The lowest BCUT2D eigenvalue weighted by atomic mass is 9.56. The minimum atomic E-state index is -3.49. The van der Waals surface area contributed by atoms with E-state index in [0.717, 1.165) is 24.8 Å². The Morgan fingerprint density at radius 2 is 1.78 bits per heavy atom. The second-order valence-corrected chi connectivity index (χ2v) is 10.6. The first-order valence-corrected chi connectivity index (χ1v) is 11.6. The van der Waals surface area contributed by atoms with Crippen LogP contribution in [-0.2, 0) is 16.4 Å². The summed E-state index contributed by atoms with van der Waals surface area (Å²) in [6, 6.07) is 15.9. The van der Waals surface area contributed by atoms with Crippen LogP contribution in [0, 0.1) is 18.3 Å². The lowest BCUT2D eigenvalue weighted by Crippen LogP contribution is -2.45. The van der Waals surface area contributed by atoms with Crippen LogP contribution in [-0.4, -0.2) is 19.3 Å². The van der Waals surface area contributed by atoms with Crippen LogP contribution < -0.4 is 0 Å². The van der Waals surface area contributed by atoms with E-state index in [4.69, 9.17) is 0 Å². The Bertz CT molecular complexity index is 966. The predicted octanol–water partition coefficient (Wildman–Crippen LogP) is 4.86. The van der Waals surface area contributed by atoms with Crippen molar-refractivity contribution in [3.63, 3.8) is 0 Å². The average Bonchev–Trinajstić information content (AvgIpc) is 3.07. The van der Waals surface area contributed by atoms with Gasteiger partial charge in [0.05, 0.1) is 10.9 Å². The highest BCUT2D eigenvalue weighted by Gasteiger charge is 2.58. The second kappa shape index (κ2) is 6.18. The molecule has 1 spiro atoms. The molecule has 1 saturated carbocycles. The molecule has 142 valence electrons. The average molecular weight is 382 g/mol. The van der Waals surface area contributed by atoms with Gasteiger partial charge in [0.15, 0.2) is 0 Å². The molecule has 0 bridgehead atoms. The number of nitrogens with zero attached hydrogens (tertiary/aromatic N) is 1. The van der Waals surface area contributed by atoms with Crippen LogP contribution in [0.4, 0.5) is 0 Å². The zero-order valence-electron chi connectivity index (χ0n) is 15.9. The molecular formula is C23H27NO2S. The van der Waals surface area contributed by atoms with Crippen LogP contribution in [0.2, 0.25) is 0 Å². The molecule has 0 aromatic heterocycles. The molecule has 1 saturated heterocycles. The normalized spacial score (nSPS) is 30.4. The number of benzene rings is 2. The zero-order valence-corrected chi connectivity index (χ0v) is 16.7. The molecule has 27 heavy (non-hydrogen) atoms. The van der Waals surface area contributed by atoms with E-state index >= 15 is 0 Å². The largest absolute Gasteiger partial charge is 0.243 e. The molecular weight excluding hydrogens is 354 g/mol. The standard InChI is InChI=1S/C23H27NO2S/c1-17-9-11-20(12-10-17)27(25,26)24-15-14-23-13-5-4-7-19(23)16-18-6-2-3-8-21(18)22(23)24/h2-3,6,8-12,19,22H,4-5,7,13-16H2,1H3/t19-,22-,23+/m1/s1. The number of hydrogen-bond acceptors (Lipinski definition) is 2. The molecule has 2 aromatic carbocycles. The third-order valence-electron chi connectivity index (χ3n) is 7.33. The van der Waals surface area contributed by atoms with Gasteiger partial charge in [-0.1, -0.05) is 54.8 Å². The van der Waals surface area contributed by atoms with E-state index in [-0.39, 0.29) is 11.5 Å². The zero-order chi connectivity index (χ0) is 18.6. The Morgan fingerprint density at radius 3 is 2.59 bits per heavy atom. The fourth-order valence-electron chi connectivity index (χ4n) is 6.02. The molecule has 4 heteroatoms. The van der Waals surface area contributed by atoms with Gasteiger partial charge < -0.3 is 0 Å². The monoisotopic (exact) mass is 381 g/mol. The van der Waals surface area contributed by atoms with Gasteiger partial charge in [0.25, 0.3) is 0 Å². The van der Waals surface area contributed by atoms with Gasteiger partial charge in [-0.25, -0.2) is 8.42 Å². The first kappa shape index (κ1) is 17.4. The summed E-state index contributed by atoms with van der Waals surface area (Å²) in [4.78, 5) is 0.431. The summed E-state index contributed by atoms with van der Waals surface area (Å²) < 4.78 is 29.1. The van der Waals surface area contributed by atoms with Crippen molar-refractivity contribution in [1.82, 2.24) is 4.31 Å². The second-order valence-electron chi connectivity index (χ2n) is 8.66. The van der Waals surface area contributed by atoms with Crippen LogP contribution in [0.1, 0.15) is 54.8 Å². The maximum atomic E-state index is 13.6. The maximum absolute atomic E-state index is 13.6. The third-order valence-corrected chi connectivity index (χ3v) is 9.21. The van der Waals surface area contributed by atoms with Gasteiger partial charge in [-0.2, -0.15) is 4.31 Å². The molecule has 2 aliphatic carbocycles. The van der Waals surface area contributed by atoms with Crippen LogP contribution in [0.15, 0.2) is 53.4 Å². The van der Waals surface area contributed by atoms with Gasteiger partial charge in [0, 0.05) is 6.54 Å². The summed E-state index contributed by atoms with van der Waals surface area (Å²) in [5.41, 5.74) is 3.83. The van der Waals surface area contributed by atoms with Crippen molar-refractivity contribution >= 4 is 10.0 Å². The van der Waals surface area contributed by atoms with Crippen molar-refractivity contribution in [2.45, 2.75) is 56.4 Å². The molecule has 3 aliphatic rings. The maximum Gasteiger partial charge on any atom is 0.243 e. The summed E-state index contributed by atoms with van der Waals surface area (Å²) in [6.07, 6.45) is 7.03. The molecule has 3 nitrogen and oxygen atoms in total. The van der Waals surface area contributed by atoms with Gasteiger partial charge >= 0.3 is 0 Å². The number of aryl methyl sites for hydroxylation is 1. The predicted molar refractivity (Wildman–Crippen MR) is 107 cm³/mol. The van der Waals surface area contributed by atoms with Gasteiger partial charge in [0.2, 0.25) is 10.0 Å². The van der Waals surface area contributed by atoms with Crippen molar-refractivity contribution < 1.29 is 8.42 Å². The molecule has 0 amide bonds. The van der Waals surface area contributed by atoms with E-state index in [1.54, 1.807) is 12.1 Å². The summed E-state index contributed by atoms with van der Waals surface area (Å²) in [7, 11) is -3.49. The molecule has 0 radical (unpaired) electrons. The molecule has 1 heterocycles. The van der Waals surface area contributed by atoms with Crippen LogP contribution in [0.25, 0.3) is 0 Å². The minimum Gasteiger partial charge on any atom is -0.207 e. The quantitative estimate of drug-likeness (QED) is 0.745. The van der Waals surface area contributed by atoms with Gasteiger partial charge in [-0.05, 0) is 67.2 Å². The lowest BCUT2D eigenvalue weighted by Gasteiger charge is -2.50. The first-order chi connectivity index (χ1) is 13.0. The number of hydrogen-bond donors (Lipinski definition) is 0. The Kier molecular flexibility index (Phi) is 3.99. The highest BCUT2D eigenvalue weighted by atomic mass is 32.2. The number of rotatable bonds is 2. The number of fused-ring (bicyclic) bond motifs is 2. The van der Waals surface area contributed by atoms with Crippen LogP contribution in [0.5, 0.6) is 0 Å². The van der Waals surface area contributed by atoms with Crippen LogP contribution >= 0.6 is 0 Å². The summed E-state index contributed by atoms with van der Waals surface area (Å²) in [6.45, 7) is 2.64. The smallest absolute Gasteiger partial charge is 0.207 e. The molecule has 0 unspecified atom stereocenters. The van der Waals surface area contributed by atoms with Crippen LogP contribution in [0.3, 0.4) is 0 Å². The SMILES string of the molecule is Cc1ccc(S(=O)(=O)N2CC[C@@]34CCCC[C@@H]3Cc3ccccc3[C@@H]24)cc1. The lowest BCUT2D eigenvalue weighted by molar-refractivity contribution is 0.0496. The van der Waals surface area contributed by atoms with Crippen molar-refractivity contribution in [1.29, 1.82) is 0 Å². The molecule has 0 N–H and O–H groups in total. The van der Waals surface area contributed by atoms with Crippen molar-refractivity contribution in [2.24, 2.45) is 11.3 Å². The van der Waals surface area contributed by atoms with Gasteiger partial charge in [-0.3, -0.25) is 0 Å². The molecule has 2 fully saturated rings. The van der Waals surface area contributed by atoms with E-state index in [0.29, 0.717) is 17.4 Å². The van der Waals surface area contributed by atoms with E-state index in [1.165, 1.54) is 30.4 Å². The van der Waals surface area contributed by atoms with E-state index < -0.39 is 10.0 Å².